The minimum absolute atomic E-state index is 0.838. The predicted molar refractivity (Wildman–Crippen MR) is 78.3 cm³/mol. The Bertz CT molecular complexity index is 609. The number of benzene rings is 1. The Morgan fingerprint density at radius 1 is 1.42 bits per heavy atom. The average molecular weight is 322 g/mol. The molecule has 0 unspecified atom stereocenters. The molecule has 100 valence electrons. The van der Waals surface area contributed by atoms with Crippen molar-refractivity contribution in [2.24, 2.45) is 0 Å². The molecule has 2 aromatic rings. The van der Waals surface area contributed by atoms with Crippen molar-refractivity contribution in [2.75, 3.05) is 20.7 Å². The molecule has 1 aromatic carbocycles. The molecule has 0 atom stereocenters. The number of aromatic nitrogens is 2. The monoisotopic (exact) mass is 321 g/mol. The summed E-state index contributed by atoms with van der Waals surface area (Å²) >= 11 is 3.53. The summed E-state index contributed by atoms with van der Waals surface area (Å²) in [4.78, 5) is 2.32. The molecule has 1 N–H and O–H groups in total. The molecule has 1 aliphatic heterocycles. The number of hydrogen-bond donors (Lipinski definition) is 1. The first-order valence-corrected chi connectivity index (χ1v) is 7.07. The number of ether oxygens (including phenoxy) is 1. The summed E-state index contributed by atoms with van der Waals surface area (Å²) < 4.78 is 6.22. The van der Waals surface area contributed by atoms with E-state index in [9.17, 15) is 0 Å². The molecule has 0 saturated carbocycles. The van der Waals surface area contributed by atoms with Crippen LogP contribution in [-0.2, 0) is 13.0 Å². The maximum absolute atomic E-state index is 5.26. The molecule has 0 fully saturated rings. The normalized spacial score (nSPS) is 15.3. The lowest BCUT2D eigenvalue weighted by atomic mass is 10.0. The summed E-state index contributed by atoms with van der Waals surface area (Å²) in [6.45, 7) is 2.03. The first-order chi connectivity index (χ1) is 9.19. The Balaban J connectivity index is 2.03. The van der Waals surface area contributed by atoms with Gasteiger partial charge in [0, 0.05) is 36.3 Å². The minimum Gasteiger partial charge on any atom is -0.496 e. The van der Waals surface area contributed by atoms with Crippen molar-refractivity contribution in [3.63, 3.8) is 0 Å². The fourth-order valence-corrected chi connectivity index (χ4v) is 3.02. The zero-order chi connectivity index (χ0) is 13.4. The van der Waals surface area contributed by atoms with E-state index < -0.39 is 0 Å². The van der Waals surface area contributed by atoms with Gasteiger partial charge in [0.05, 0.1) is 17.3 Å². The van der Waals surface area contributed by atoms with Crippen molar-refractivity contribution in [1.82, 2.24) is 15.1 Å². The summed E-state index contributed by atoms with van der Waals surface area (Å²) in [7, 11) is 3.81. The lowest BCUT2D eigenvalue weighted by Crippen LogP contribution is -2.26. The number of methoxy groups -OCH3 is 1. The Morgan fingerprint density at radius 2 is 2.26 bits per heavy atom. The Kier molecular flexibility index (Phi) is 3.33. The smallest absolute Gasteiger partial charge is 0.133 e. The number of hydrogen-bond acceptors (Lipinski definition) is 3. The molecule has 0 saturated heterocycles. The highest BCUT2D eigenvalue weighted by atomic mass is 79.9. The van der Waals surface area contributed by atoms with Crippen molar-refractivity contribution >= 4 is 15.9 Å². The third-order valence-electron chi connectivity index (χ3n) is 3.55. The highest BCUT2D eigenvalue weighted by Crippen LogP contribution is 2.33. The molecule has 1 aromatic heterocycles. The Labute approximate surface area is 120 Å². The Morgan fingerprint density at radius 3 is 3.00 bits per heavy atom. The first kappa shape index (κ1) is 12.7. The van der Waals surface area contributed by atoms with E-state index >= 15 is 0 Å². The third kappa shape index (κ3) is 2.28. The van der Waals surface area contributed by atoms with E-state index in [1.54, 1.807) is 7.11 Å². The van der Waals surface area contributed by atoms with Crippen LogP contribution in [0.5, 0.6) is 5.75 Å². The molecule has 0 aliphatic carbocycles. The van der Waals surface area contributed by atoms with Gasteiger partial charge in [0.25, 0.3) is 0 Å². The van der Waals surface area contributed by atoms with Crippen LogP contribution < -0.4 is 4.74 Å². The summed E-state index contributed by atoms with van der Waals surface area (Å²) in [5.41, 5.74) is 4.73. The molecule has 3 rings (SSSR count). The minimum atomic E-state index is 0.838. The van der Waals surface area contributed by atoms with Crippen molar-refractivity contribution in [3.05, 3.63) is 33.9 Å². The molecule has 0 amide bonds. The van der Waals surface area contributed by atoms with Gasteiger partial charge in [0.15, 0.2) is 0 Å². The molecular weight excluding hydrogens is 306 g/mol. The predicted octanol–water partition coefficient (Wildman–Crippen LogP) is 2.84. The van der Waals surface area contributed by atoms with Crippen LogP contribution >= 0.6 is 15.9 Å². The van der Waals surface area contributed by atoms with E-state index in [1.165, 1.54) is 11.3 Å². The van der Waals surface area contributed by atoms with Gasteiger partial charge in [-0.1, -0.05) is 0 Å². The van der Waals surface area contributed by atoms with Crippen molar-refractivity contribution in [3.8, 4) is 17.0 Å². The van der Waals surface area contributed by atoms with Crippen molar-refractivity contribution in [1.29, 1.82) is 0 Å². The summed E-state index contributed by atoms with van der Waals surface area (Å²) in [5.74, 6) is 0.838. The van der Waals surface area contributed by atoms with Crippen LogP contribution in [0.15, 0.2) is 22.7 Å². The molecule has 0 bridgehead atoms. The van der Waals surface area contributed by atoms with Crippen molar-refractivity contribution in [2.45, 2.75) is 13.0 Å². The standard InChI is InChI=1S/C14H16BrN3O/c1-18-6-5-12-10(8-18)14(17-16-12)9-3-4-13(19-2)11(15)7-9/h3-4,7H,5-6,8H2,1-2H3,(H,16,17). The van der Waals surface area contributed by atoms with Gasteiger partial charge in [0.2, 0.25) is 0 Å². The third-order valence-corrected chi connectivity index (χ3v) is 4.17. The van der Waals surface area contributed by atoms with E-state index in [2.05, 4.69) is 50.2 Å². The van der Waals surface area contributed by atoms with Crippen LogP contribution in [0, 0.1) is 0 Å². The van der Waals surface area contributed by atoms with Crippen LogP contribution in [-0.4, -0.2) is 35.8 Å². The number of halogens is 1. The van der Waals surface area contributed by atoms with Crippen LogP contribution in [0.4, 0.5) is 0 Å². The van der Waals surface area contributed by atoms with Gasteiger partial charge >= 0.3 is 0 Å². The van der Waals surface area contributed by atoms with Gasteiger partial charge in [-0.3, -0.25) is 5.10 Å². The van der Waals surface area contributed by atoms with Crippen LogP contribution in [0.1, 0.15) is 11.3 Å². The fraction of sp³-hybridized carbons (Fsp3) is 0.357. The van der Waals surface area contributed by atoms with Gasteiger partial charge in [-0.2, -0.15) is 5.10 Å². The topological polar surface area (TPSA) is 41.1 Å². The number of fused-ring (bicyclic) bond motifs is 1. The van der Waals surface area contributed by atoms with Crippen LogP contribution in [0.25, 0.3) is 11.3 Å². The van der Waals surface area contributed by atoms with E-state index in [1.807, 2.05) is 6.07 Å². The maximum Gasteiger partial charge on any atom is 0.133 e. The van der Waals surface area contributed by atoms with Gasteiger partial charge in [-0.05, 0) is 41.2 Å². The van der Waals surface area contributed by atoms with Crippen molar-refractivity contribution < 1.29 is 4.74 Å². The van der Waals surface area contributed by atoms with Gasteiger partial charge in [-0.15, -0.1) is 0 Å². The molecule has 0 radical (unpaired) electrons. The largest absolute Gasteiger partial charge is 0.496 e. The molecular formula is C14H16BrN3O. The number of nitrogens with zero attached hydrogens (tertiary/aromatic N) is 2. The highest BCUT2D eigenvalue weighted by molar-refractivity contribution is 9.10. The number of aromatic amines is 1. The molecule has 1 aliphatic rings. The summed E-state index contributed by atoms with van der Waals surface area (Å²) in [6.07, 6.45) is 1.04. The Hall–Kier alpha value is -1.33. The number of nitrogens with one attached hydrogen (secondary N) is 1. The number of rotatable bonds is 2. The quantitative estimate of drug-likeness (QED) is 0.924. The highest BCUT2D eigenvalue weighted by Gasteiger charge is 2.21. The van der Waals surface area contributed by atoms with Crippen LogP contribution in [0.2, 0.25) is 0 Å². The van der Waals surface area contributed by atoms with E-state index in [0.29, 0.717) is 0 Å². The van der Waals surface area contributed by atoms with Gasteiger partial charge in [0.1, 0.15) is 5.75 Å². The SMILES string of the molecule is COc1ccc(-c2n[nH]c3c2CN(C)CC3)cc1Br. The second kappa shape index (κ2) is 4.98. The average Bonchev–Trinajstić information content (AvgIpc) is 2.81. The van der Waals surface area contributed by atoms with Gasteiger partial charge < -0.3 is 9.64 Å². The number of likely N-dealkylation sites (N-methyl/N-ethyl adjacent to an activating group) is 1. The molecule has 19 heavy (non-hydrogen) atoms. The second-order valence-corrected chi connectivity index (χ2v) is 5.72. The lowest BCUT2D eigenvalue weighted by Gasteiger charge is -2.22. The second-order valence-electron chi connectivity index (χ2n) is 4.87. The molecule has 0 spiro atoms. The lowest BCUT2D eigenvalue weighted by molar-refractivity contribution is 0.312. The number of H-pyrrole nitrogens is 1. The first-order valence-electron chi connectivity index (χ1n) is 6.27. The zero-order valence-corrected chi connectivity index (χ0v) is 12.6. The molecule has 5 heteroatoms. The fourth-order valence-electron chi connectivity index (χ4n) is 2.48. The van der Waals surface area contributed by atoms with E-state index in [0.717, 1.165) is 41.0 Å². The molecule has 4 nitrogen and oxygen atoms in total. The summed E-state index contributed by atoms with van der Waals surface area (Å²) in [5, 5.41) is 7.66. The maximum atomic E-state index is 5.26. The molecule has 2 heterocycles. The zero-order valence-electron chi connectivity index (χ0n) is 11.0. The summed E-state index contributed by atoms with van der Waals surface area (Å²) in [6, 6.07) is 6.07. The van der Waals surface area contributed by atoms with E-state index in [4.69, 9.17) is 4.74 Å². The van der Waals surface area contributed by atoms with E-state index in [-0.39, 0.29) is 0 Å². The van der Waals surface area contributed by atoms with Crippen LogP contribution in [0.3, 0.4) is 0 Å². The van der Waals surface area contributed by atoms with Gasteiger partial charge in [-0.25, -0.2) is 0 Å².